The van der Waals surface area contributed by atoms with Crippen LogP contribution < -0.4 is 0 Å². The number of hydrogen-bond donors (Lipinski definition) is 1. The van der Waals surface area contributed by atoms with Crippen molar-refractivity contribution in [2.75, 3.05) is 0 Å². The summed E-state index contributed by atoms with van der Waals surface area (Å²) in [6.07, 6.45) is 2.93. The lowest BCUT2D eigenvalue weighted by atomic mass is 9.96. The van der Waals surface area contributed by atoms with Gasteiger partial charge >= 0.3 is 5.30 Å². The summed E-state index contributed by atoms with van der Waals surface area (Å²) >= 11 is 2.62. The van der Waals surface area contributed by atoms with E-state index in [4.69, 9.17) is 5.41 Å². The summed E-state index contributed by atoms with van der Waals surface area (Å²) in [6, 6.07) is 0. The molecule has 0 aromatic carbocycles. The first kappa shape index (κ1) is 12.6. The van der Waals surface area contributed by atoms with Gasteiger partial charge in [0.1, 0.15) is 5.82 Å². The molecule has 0 bridgehead atoms. The van der Waals surface area contributed by atoms with Crippen molar-refractivity contribution < 1.29 is 9.53 Å². The minimum Gasteiger partial charge on any atom is -0.367 e. The van der Waals surface area contributed by atoms with Crippen LogP contribution in [0.1, 0.15) is 32.2 Å². The van der Waals surface area contributed by atoms with E-state index in [0.717, 1.165) is 0 Å². The fourth-order valence-electron chi connectivity index (χ4n) is 0.984. The molecule has 0 fully saturated rings. The molecular formula is C10H14N3O2S+. The van der Waals surface area contributed by atoms with Crippen LogP contribution in [0.4, 0.5) is 4.79 Å². The average molecular weight is 240 g/mol. The molecule has 86 valence electrons. The van der Waals surface area contributed by atoms with Crippen molar-refractivity contribution in [2.24, 2.45) is 0 Å². The van der Waals surface area contributed by atoms with E-state index in [9.17, 15) is 4.79 Å². The third-order valence-electron chi connectivity index (χ3n) is 1.78. The highest BCUT2D eigenvalue weighted by atomic mass is 32.1. The fourth-order valence-corrected chi connectivity index (χ4v) is 1.09. The summed E-state index contributed by atoms with van der Waals surface area (Å²) in [5.74, 6) is 0.397. The van der Waals surface area contributed by atoms with Gasteiger partial charge in [0, 0.05) is 17.8 Å². The number of carbonyl (C=O) groups is 1. The molecule has 5 nitrogen and oxygen atoms in total. The predicted molar refractivity (Wildman–Crippen MR) is 64.2 cm³/mol. The second-order valence-electron chi connectivity index (χ2n) is 4.26. The molecule has 0 aliphatic heterocycles. The van der Waals surface area contributed by atoms with Crippen LogP contribution in [0, 0.1) is 5.41 Å². The van der Waals surface area contributed by atoms with E-state index in [2.05, 4.69) is 27.3 Å². The Balaban J connectivity index is 2.87. The molecule has 0 amide bonds. The maximum atomic E-state index is 10.6. The maximum absolute atomic E-state index is 10.6. The lowest BCUT2D eigenvalue weighted by molar-refractivity contribution is 0.224. The molecule has 6 heteroatoms. The number of nitrogens with zero attached hydrogens (tertiary/aromatic N) is 2. The SMILES string of the molecule is CC(C)(C)c1ncc(C(=N)OC(=O)[SH2+])cn1. The first-order valence-corrected chi connectivity index (χ1v) is 5.15. The third-order valence-corrected chi connectivity index (χ3v) is 1.88. The predicted octanol–water partition coefficient (Wildman–Crippen LogP) is 1.25. The molecule has 1 aromatic rings. The van der Waals surface area contributed by atoms with Crippen LogP contribution in [-0.2, 0) is 22.8 Å². The van der Waals surface area contributed by atoms with Crippen LogP contribution >= 0.6 is 0 Å². The van der Waals surface area contributed by atoms with Crippen LogP contribution in [0.25, 0.3) is 0 Å². The molecule has 0 atom stereocenters. The highest BCUT2D eigenvalue weighted by Gasteiger charge is 2.18. The summed E-state index contributed by atoms with van der Waals surface area (Å²) in [4.78, 5) is 18.8. The highest BCUT2D eigenvalue weighted by molar-refractivity contribution is 7.76. The summed E-state index contributed by atoms with van der Waals surface area (Å²) in [5, 5.41) is 6.71. The van der Waals surface area contributed by atoms with Gasteiger partial charge < -0.3 is 4.74 Å². The van der Waals surface area contributed by atoms with Crippen LogP contribution in [0.2, 0.25) is 0 Å². The molecule has 0 aliphatic carbocycles. The van der Waals surface area contributed by atoms with Crippen molar-refractivity contribution in [3.63, 3.8) is 0 Å². The first-order valence-electron chi connectivity index (χ1n) is 4.65. The van der Waals surface area contributed by atoms with Gasteiger partial charge in [0.25, 0.3) is 0 Å². The molecule has 0 spiro atoms. The lowest BCUT2D eigenvalue weighted by Crippen LogP contribution is -2.17. The third kappa shape index (κ3) is 3.30. The van der Waals surface area contributed by atoms with Gasteiger partial charge in [-0.05, 0) is 0 Å². The molecule has 0 aliphatic rings. The molecule has 1 N–H and O–H groups in total. The van der Waals surface area contributed by atoms with Gasteiger partial charge in [-0.3, -0.25) is 5.41 Å². The highest BCUT2D eigenvalue weighted by Crippen LogP contribution is 2.17. The van der Waals surface area contributed by atoms with Gasteiger partial charge in [-0.15, -0.1) is 0 Å². The summed E-state index contributed by atoms with van der Waals surface area (Å²) < 4.78 is 4.54. The Morgan fingerprint density at radius 3 is 2.25 bits per heavy atom. The minimum absolute atomic E-state index is 0.146. The largest absolute Gasteiger partial charge is 0.527 e. The molecule has 1 aromatic heterocycles. The topological polar surface area (TPSA) is 75.9 Å². The monoisotopic (exact) mass is 240 g/mol. The number of carbonyl (C=O) groups excluding carboxylic acids is 1. The van der Waals surface area contributed by atoms with Crippen molar-refractivity contribution in [3.8, 4) is 0 Å². The molecule has 0 saturated carbocycles. The van der Waals surface area contributed by atoms with Gasteiger partial charge in [0.2, 0.25) is 5.90 Å². The smallest absolute Gasteiger partial charge is 0.367 e. The first-order chi connectivity index (χ1) is 7.30. The molecular weight excluding hydrogens is 226 g/mol. The molecule has 0 radical (unpaired) electrons. The number of ether oxygens (including phenoxy) is 1. The molecule has 16 heavy (non-hydrogen) atoms. The van der Waals surface area contributed by atoms with Gasteiger partial charge in [0.05, 0.1) is 18.2 Å². The second kappa shape index (κ2) is 4.61. The number of hydrogen-bond acceptors (Lipinski definition) is 5. The van der Waals surface area contributed by atoms with Gasteiger partial charge in [-0.1, -0.05) is 20.8 Å². The van der Waals surface area contributed by atoms with Gasteiger partial charge in [-0.25, -0.2) is 9.97 Å². The molecule has 1 heterocycles. The number of aromatic nitrogens is 2. The van der Waals surface area contributed by atoms with E-state index < -0.39 is 5.30 Å². The van der Waals surface area contributed by atoms with E-state index >= 15 is 0 Å². The Bertz CT molecular complexity index is 409. The summed E-state index contributed by atoms with van der Waals surface area (Å²) in [5.41, 5.74) is 0.214. The Hall–Kier alpha value is -1.43. The van der Waals surface area contributed by atoms with Crippen molar-refractivity contribution in [2.45, 2.75) is 26.2 Å². The zero-order valence-corrected chi connectivity index (χ0v) is 10.4. The molecule has 1 rings (SSSR count). The Morgan fingerprint density at radius 2 is 1.88 bits per heavy atom. The molecule has 0 unspecified atom stereocenters. The second-order valence-corrected chi connectivity index (χ2v) is 4.67. The lowest BCUT2D eigenvalue weighted by Gasteiger charge is -2.15. The molecule has 0 saturated heterocycles. The van der Waals surface area contributed by atoms with Gasteiger partial charge in [0.15, 0.2) is 0 Å². The van der Waals surface area contributed by atoms with Crippen molar-refractivity contribution in [3.05, 3.63) is 23.8 Å². The quantitative estimate of drug-likeness (QED) is 0.347. The van der Waals surface area contributed by atoms with Crippen LogP contribution in [-0.4, -0.2) is 21.2 Å². The minimum atomic E-state index is -0.718. The van der Waals surface area contributed by atoms with Crippen molar-refractivity contribution >= 4 is 23.8 Å². The van der Waals surface area contributed by atoms with Crippen LogP contribution in [0.5, 0.6) is 0 Å². The maximum Gasteiger partial charge on any atom is 0.527 e. The van der Waals surface area contributed by atoms with E-state index in [1.54, 1.807) is 0 Å². The zero-order chi connectivity index (χ0) is 12.3. The van der Waals surface area contributed by atoms with E-state index in [1.165, 1.54) is 12.4 Å². The summed E-state index contributed by atoms with van der Waals surface area (Å²) in [6.45, 7) is 5.97. The Labute approximate surface area is 99.2 Å². The Kier molecular flexibility index (Phi) is 3.64. The van der Waals surface area contributed by atoms with Crippen molar-refractivity contribution in [1.82, 2.24) is 9.97 Å². The Morgan fingerprint density at radius 1 is 1.38 bits per heavy atom. The van der Waals surface area contributed by atoms with Crippen LogP contribution in [0.15, 0.2) is 12.4 Å². The normalized spacial score (nSPS) is 11.0. The summed E-state index contributed by atoms with van der Waals surface area (Å²) in [7, 11) is 0. The van der Waals surface area contributed by atoms with E-state index in [1.807, 2.05) is 20.8 Å². The van der Waals surface area contributed by atoms with E-state index in [0.29, 0.717) is 11.4 Å². The van der Waals surface area contributed by atoms with Crippen LogP contribution in [0.3, 0.4) is 0 Å². The average Bonchev–Trinajstić information content (AvgIpc) is 2.15. The fraction of sp³-hybridized carbons (Fsp3) is 0.400. The van der Waals surface area contributed by atoms with Crippen molar-refractivity contribution in [1.29, 1.82) is 5.41 Å². The van der Waals surface area contributed by atoms with Gasteiger partial charge in [-0.2, -0.15) is 4.79 Å². The zero-order valence-electron chi connectivity index (χ0n) is 9.37. The number of rotatable bonds is 1. The number of nitrogens with one attached hydrogen (secondary N) is 1. The standard InChI is InChI=1S/C10H13N3O2S/c1-10(2,3)8-12-4-6(5-13-8)7(11)15-9(14)16/h4-5,11H,1-3H3,(H,14,16)/p+1. The van der Waals surface area contributed by atoms with E-state index in [-0.39, 0.29) is 11.3 Å².